The van der Waals surface area contributed by atoms with Crippen LogP contribution in [0.1, 0.15) is 11.4 Å². The topological polar surface area (TPSA) is 34.9 Å². The van der Waals surface area contributed by atoms with Gasteiger partial charge in [0.05, 0.1) is 0 Å². The second-order valence-corrected chi connectivity index (χ2v) is 3.43. The van der Waals surface area contributed by atoms with E-state index in [4.69, 9.17) is 0 Å². The molecular weight excluding hydrogens is 188 g/mol. The first-order valence-corrected chi connectivity index (χ1v) is 4.84. The van der Waals surface area contributed by atoms with Crippen molar-refractivity contribution in [2.75, 3.05) is 0 Å². The van der Waals surface area contributed by atoms with Crippen LogP contribution in [0.5, 0.6) is 0 Å². The molecule has 0 aliphatic rings. The number of rotatable bonds is 2. The van der Waals surface area contributed by atoms with Crippen molar-refractivity contribution >= 4 is 0 Å². The molecule has 0 N–H and O–H groups in total. The van der Waals surface area contributed by atoms with Crippen LogP contribution < -0.4 is 5.56 Å². The first-order valence-electron chi connectivity index (χ1n) is 4.84. The summed E-state index contributed by atoms with van der Waals surface area (Å²) in [7, 11) is 0. The molecular formula is C12H12N2O. The minimum Gasteiger partial charge on any atom is -0.332 e. The fourth-order valence-corrected chi connectivity index (χ4v) is 1.47. The van der Waals surface area contributed by atoms with Gasteiger partial charge < -0.3 is 4.57 Å². The zero-order valence-corrected chi connectivity index (χ0v) is 8.55. The van der Waals surface area contributed by atoms with Gasteiger partial charge in [0.2, 0.25) is 0 Å². The van der Waals surface area contributed by atoms with E-state index in [1.807, 2.05) is 29.7 Å². The molecule has 1 aromatic carbocycles. The van der Waals surface area contributed by atoms with Gasteiger partial charge in [0.15, 0.2) is 0 Å². The maximum atomic E-state index is 11.0. The molecule has 0 fully saturated rings. The molecule has 0 saturated carbocycles. The van der Waals surface area contributed by atoms with Gasteiger partial charge in [-0.15, -0.1) is 0 Å². The van der Waals surface area contributed by atoms with Crippen LogP contribution in [0, 0.1) is 6.92 Å². The van der Waals surface area contributed by atoms with Crippen molar-refractivity contribution in [1.82, 2.24) is 9.55 Å². The summed E-state index contributed by atoms with van der Waals surface area (Å²) in [5.41, 5.74) is 1.02. The zero-order chi connectivity index (χ0) is 10.7. The van der Waals surface area contributed by atoms with Gasteiger partial charge in [-0.1, -0.05) is 30.3 Å². The lowest BCUT2D eigenvalue weighted by Crippen LogP contribution is -2.14. The molecule has 3 nitrogen and oxygen atoms in total. The number of aromatic nitrogens is 2. The van der Waals surface area contributed by atoms with Crippen molar-refractivity contribution in [2.45, 2.75) is 13.5 Å². The van der Waals surface area contributed by atoms with Gasteiger partial charge in [-0.2, -0.15) is 4.98 Å². The molecule has 0 unspecified atom stereocenters. The number of benzene rings is 1. The number of hydrogen-bond acceptors (Lipinski definition) is 2. The molecule has 0 atom stereocenters. The maximum absolute atomic E-state index is 11.0. The lowest BCUT2D eigenvalue weighted by molar-refractivity contribution is 0.721. The van der Waals surface area contributed by atoms with E-state index < -0.39 is 0 Å². The third kappa shape index (κ3) is 2.31. The van der Waals surface area contributed by atoms with Crippen molar-refractivity contribution in [3.8, 4) is 0 Å². The normalized spacial score (nSPS) is 10.2. The number of aryl methyl sites for hydroxylation is 1. The van der Waals surface area contributed by atoms with Crippen LogP contribution in [0.2, 0.25) is 0 Å². The molecule has 1 aromatic heterocycles. The molecule has 0 amide bonds. The molecule has 2 aromatic rings. The van der Waals surface area contributed by atoms with E-state index in [0.717, 1.165) is 12.4 Å². The third-order valence-electron chi connectivity index (χ3n) is 2.28. The summed E-state index contributed by atoms with van der Waals surface area (Å²) in [6.07, 6.45) is 1.78. The Morgan fingerprint density at radius 1 is 1.20 bits per heavy atom. The summed E-state index contributed by atoms with van der Waals surface area (Å²) in [5.74, 6) is 0.742. The van der Waals surface area contributed by atoms with Gasteiger partial charge in [0, 0.05) is 18.8 Å². The van der Waals surface area contributed by atoms with Crippen molar-refractivity contribution in [3.05, 3.63) is 64.3 Å². The van der Waals surface area contributed by atoms with Crippen molar-refractivity contribution in [3.63, 3.8) is 0 Å². The largest absolute Gasteiger partial charge is 0.332 e. The van der Waals surface area contributed by atoms with Crippen molar-refractivity contribution < 1.29 is 0 Å². The van der Waals surface area contributed by atoms with E-state index in [0.29, 0.717) is 0 Å². The lowest BCUT2D eigenvalue weighted by Gasteiger charge is -2.08. The Morgan fingerprint density at radius 3 is 2.60 bits per heavy atom. The average molecular weight is 200 g/mol. The van der Waals surface area contributed by atoms with E-state index in [1.165, 1.54) is 11.6 Å². The van der Waals surface area contributed by atoms with Crippen LogP contribution in [0.4, 0.5) is 0 Å². The summed E-state index contributed by atoms with van der Waals surface area (Å²) in [6.45, 7) is 2.59. The molecule has 76 valence electrons. The summed E-state index contributed by atoms with van der Waals surface area (Å²) in [4.78, 5) is 14.8. The van der Waals surface area contributed by atoms with Gasteiger partial charge in [-0.3, -0.25) is 4.79 Å². The molecule has 0 aliphatic carbocycles. The Balaban J connectivity index is 2.29. The van der Waals surface area contributed by atoms with E-state index in [-0.39, 0.29) is 5.56 Å². The second-order valence-electron chi connectivity index (χ2n) is 3.43. The summed E-state index contributed by atoms with van der Waals surface area (Å²) in [5, 5.41) is 0. The van der Waals surface area contributed by atoms with E-state index >= 15 is 0 Å². The summed E-state index contributed by atoms with van der Waals surface area (Å²) in [6, 6.07) is 11.6. The monoisotopic (exact) mass is 200 g/mol. The standard InChI is InChI=1S/C12H12N2O/c1-10-13-12(15)7-8-14(10)9-11-5-3-2-4-6-11/h2-8H,9H2,1H3. The minimum atomic E-state index is -0.184. The van der Waals surface area contributed by atoms with Crippen molar-refractivity contribution in [1.29, 1.82) is 0 Å². The Kier molecular flexibility index (Phi) is 2.63. The summed E-state index contributed by atoms with van der Waals surface area (Å²) < 4.78 is 1.96. The molecule has 1 heterocycles. The average Bonchev–Trinajstić information content (AvgIpc) is 2.24. The molecule has 0 bridgehead atoms. The first-order chi connectivity index (χ1) is 7.25. The van der Waals surface area contributed by atoms with Crippen LogP contribution in [0.15, 0.2) is 47.4 Å². The molecule has 0 saturated heterocycles. The number of hydrogen-bond donors (Lipinski definition) is 0. The fraction of sp³-hybridized carbons (Fsp3) is 0.167. The van der Waals surface area contributed by atoms with Gasteiger partial charge in [-0.05, 0) is 12.5 Å². The van der Waals surface area contributed by atoms with Crippen LogP contribution >= 0.6 is 0 Å². The Morgan fingerprint density at radius 2 is 1.93 bits per heavy atom. The quantitative estimate of drug-likeness (QED) is 0.738. The lowest BCUT2D eigenvalue weighted by atomic mass is 10.2. The molecule has 0 radical (unpaired) electrons. The minimum absolute atomic E-state index is 0.184. The Bertz CT molecular complexity index is 503. The van der Waals surface area contributed by atoms with Crippen LogP contribution in [-0.4, -0.2) is 9.55 Å². The second kappa shape index (κ2) is 4.09. The summed E-state index contributed by atoms with van der Waals surface area (Å²) >= 11 is 0. The number of nitrogens with zero attached hydrogens (tertiary/aromatic N) is 2. The van der Waals surface area contributed by atoms with Gasteiger partial charge in [0.1, 0.15) is 5.82 Å². The zero-order valence-electron chi connectivity index (χ0n) is 8.55. The first kappa shape index (κ1) is 9.65. The fourth-order valence-electron chi connectivity index (χ4n) is 1.47. The van der Waals surface area contributed by atoms with Crippen LogP contribution in [-0.2, 0) is 6.54 Å². The molecule has 15 heavy (non-hydrogen) atoms. The van der Waals surface area contributed by atoms with Gasteiger partial charge >= 0.3 is 0 Å². The SMILES string of the molecule is Cc1nc(=O)ccn1Cc1ccccc1. The van der Waals surface area contributed by atoms with Gasteiger partial charge in [0.25, 0.3) is 5.56 Å². The highest BCUT2D eigenvalue weighted by Crippen LogP contribution is 2.02. The molecule has 0 spiro atoms. The predicted molar refractivity (Wildman–Crippen MR) is 58.8 cm³/mol. The van der Waals surface area contributed by atoms with E-state index in [9.17, 15) is 4.79 Å². The maximum Gasteiger partial charge on any atom is 0.272 e. The third-order valence-corrected chi connectivity index (χ3v) is 2.28. The Labute approximate surface area is 88.0 Å². The highest BCUT2D eigenvalue weighted by atomic mass is 16.1. The smallest absolute Gasteiger partial charge is 0.272 e. The van der Waals surface area contributed by atoms with Gasteiger partial charge in [-0.25, -0.2) is 0 Å². The van der Waals surface area contributed by atoms with E-state index in [1.54, 1.807) is 6.20 Å². The molecule has 2 rings (SSSR count). The molecule has 0 aliphatic heterocycles. The predicted octanol–water partition coefficient (Wildman–Crippen LogP) is 1.60. The highest BCUT2D eigenvalue weighted by Gasteiger charge is 1.97. The molecule has 3 heteroatoms. The van der Waals surface area contributed by atoms with Crippen LogP contribution in [0.25, 0.3) is 0 Å². The Hall–Kier alpha value is -1.90. The van der Waals surface area contributed by atoms with E-state index in [2.05, 4.69) is 17.1 Å². The highest BCUT2D eigenvalue weighted by molar-refractivity contribution is 5.15. The van der Waals surface area contributed by atoms with Crippen molar-refractivity contribution in [2.24, 2.45) is 0 Å². The van der Waals surface area contributed by atoms with Crippen LogP contribution in [0.3, 0.4) is 0 Å².